The van der Waals surface area contributed by atoms with Gasteiger partial charge in [0.05, 0.1) is 21.6 Å². The molecule has 0 radical (unpaired) electrons. The Labute approximate surface area is 169 Å². The summed E-state index contributed by atoms with van der Waals surface area (Å²) < 4.78 is 0.833. The van der Waals surface area contributed by atoms with Gasteiger partial charge in [0.15, 0.2) is 0 Å². The molecule has 2 heterocycles. The number of carbonyl (C=O) groups excluding carboxylic acids is 2. The number of aromatic nitrogens is 2. The fraction of sp³-hybridized carbons (Fsp3) is 0.200. The number of benzene rings is 2. The Morgan fingerprint density at radius 3 is 2.69 bits per heavy atom. The van der Waals surface area contributed by atoms with Gasteiger partial charge >= 0.3 is 5.69 Å². The quantitative estimate of drug-likeness (QED) is 0.684. The highest BCUT2D eigenvalue weighted by atomic mass is 35.5. The molecule has 1 fully saturated rings. The van der Waals surface area contributed by atoms with Crippen LogP contribution in [-0.2, 0) is 16.1 Å². The van der Waals surface area contributed by atoms with Crippen molar-refractivity contribution in [1.29, 1.82) is 0 Å². The van der Waals surface area contributed by atoms with Crippen molar-refractivity contribution in [1.82, 2.24) is 9.55 Å². The van der Waals surface area contributed by atoms with Gasteiger partial charge in [-0.3, -0.25) is 19.0 Å². The van der Waals surface area contributed by atoms with Crippen molar-refractivity contribution < 1.29 is 9.59 Å². The molecule has 29 heavy (non-hydrogen) atoms. The summed E-state index contributed by atoms with van der Waals surface area (Å²) in [6.07, 6.45) is 1.26. The van der Waals surface area contributed by atoms with Crippen molar-refractivity contribution >= 4 is 45.7 Å². The minimum absolute atomic E-state index is 0.0128. The van der Waals surface area contributed by atoms with E-state index < -0.39 is 23.7 Å². The fourth-order valence-corrected chi connectivity index (χ4v) is 3.54. The second-order valence-corrected chi connectivity index (χ2v) is 7.14. The highest BCUT2D eigenvalue weighted by Gasteiger charge is 2.22. The molecule has 3 aromatic rings. The molecule has 148 valence electrons. The van der Waals surface area contributed by atoms with Gasteiger partial charge in [0, 0.05) is 18.7 Å². The lowest BCUT2D eigenvalue weighted by molar-refractivity contribution is -0.117. The molecule has 0 saturated carbocycles. The lowest BCUT2D eigenvalue weighted by atomic mass is 10.2. The Hall–Kier alpha value is -3.39. The number of hydrogen-bond acceptors (Lipinski definition) is 4. The molecule has 4 rings (SSSR count). The van der Waals surface area contributed by atoms with E-state index in [-0.39, 0.29) is 10.9 Å². The maximum Gasteiger partial charge on any atom is 0.329 e. The molecule has 2 N–H and O–H groups in total. The van der Waals surface area contributed by atoms with Crippen molar-refractivity contribution in [3.05, 3.63) is 68.3 Å². The van der Waals surface area contributed by atoms with Crippen molar-refractivity contribution in [3.8, 4) is 0 Å². The number of aromatic amines is 1. The maximum atomic E-state index is 12.6. The molecule has 1 saturated heterocycles. The zero-order valence-corrected chi connectivity index (χ0v) is 16.0. The minimum Gasteiger partial charge on any atom is -0.323 e. The molecule has 0 unspecified atom stereocenters. The van der Waals surface area contributed by atoms with Crippen LogP contribution in [-0.4, -0.2) is 27.9 Å². The molecule has 1 aliphatic rings. The highest BCUT2D eigenvalue weighted by molar-refractivity contribution is 6.33. The summed E-state index contributed by atoms with van der Waals surface area (Å²) in [6.45, 7) is 0.137. The first-order valence-electron chi connectivity index (χ1n) is 9.05. The number of hydrogen-bond donors (Lipinski definition) is 2. The van der Waals surface area contributed by atoms with Crippen LogP contribution in [0.4, 0.5) is 11.4 Å². The number of nitrogens with zero attached hydrogens (tertiary/aromatic N) is 2. The molecule has 0 bridgehead atoms. The highest BCUT2D eigenvalue weighted by Crippen LogP contribution is 2.29. The monoisotopic (exact) mass is 412 g/mol. The number of amides is 2. The van der Waals surface area contributed by atoms with Crippen LogP contribution in [0.3, 0.4) is 0 Å². The van der Waals surface area contributed by atoms with Gasteiger partial charge in [-0.15, -0.1) is 0 Å². The molecule has 1 aromatic heterocycles. The number of nitrogens with one attached hydrogen (secondary N) is 2. The molecular formula is C20H17ClN4O4. The summed E-state index contributed by atoms with van der Waals surface area (Å²) in [5.74, 6) is -0.571. The summed E-state index contributed by atoms with van der Waals surface area (Å²) in [7, 11) is 0. The third kappa shape index (κ3) is 3.66. The van der Waals surface area contributed by atoms with Gasteiger partial charge in [0.2, 0.25) is 11.8 Å². The summed E-state index contributed by atoms with van der Waals surface area (Å²) >= 11 is 6.17. The van der Waals surface area contributed by atoms with Gasteiger partial charge in [-0.2, -0.15) is 0 Å². The lowest BCUT2D eigenvalue weighted by Gasteiger charge is -2.17. The smallest absolute Gasteiger partial charge is 0.323 e. The normalized spacial score (nSPS) is 13.8. The molecule has 2 aromatic carbocycles. The van der Waals surface area contributed by atoms with Crippen molar-refractivity contribution in [3.63, 3.8) is 0 Å². The van der Waals surface area contributed by atoms with Crippen LogP contribution in [0.15, 0.2) is 52.1 Å². The molecule has 0 aliphatic carbocycles. The van der Waals surface area contributed by atoms with Gasteiger partial charge in [0.25, 0.3) is 5.56 Å². The zero-order valence-electron chi connectivity index (χ0n) is 15.3. The zero-order chi connectivity index (χ0) is 20.5. The van der Waals surface area contributed by atoms with Crippen LogP contribution >= 0.6 is 11.6 Å². The van der Waals surface area contributed by atoms with E-state index >= 15 is 0 Å². The van der Waals surface area contributed by atoms with Crippen molar-refractivity contribution in [2.45, 2.75) is 19.4 Å². The predicted molar refractivity (Wildman–Crippen MR) is 110 cm³/mol. The topological polar surface area (TPSA) is 104 Å². The summed E-state index contributed by atoms with van der Waals surface area (Å²) in [6, 6.07) is 11.5. The Bertz CT molecular complexity index is 1250. The van der Waals surface area contributed by atoms with Crippen LogP contribution in [0.25, 0.3) is 10.9 Å². The summed E-state index contributed by atoms with van der Waals surface area (Å²) in [4.78, 5) is 53.5. The van der Waals surface area contributed by atoms with Crippen molar-refractivity contribution in [2.24, 2.45) is 0 Å². The fourth-order valence-electron chi connectivity index (χ4n) is 3.37. The van der Waals surface area contributed by atoms with Crippen LogP contribution in [0.2, 0.25) is 5.02 Å². The first kappa shape index (κ1) is 18.9. The molecule has 1 aliphatic heterocycles. The van der Waals surface area contributed by atoms with Crippen molar-refractivity contribution in [2.75, 3.05) is 16.8 Å². The first-order chi connectivity index (χ1) is 13.9. The standard InChI is InChI=1S/C20H17ClN4O4/c21-14-8-7-12(24-9-3-6-18(24)27)10-16(14)22-17(26)11-25-19(28)13-4-1-2-5-15(13)23-20(25)29/h1-2,4-5,7-8,10H,3,6,9,11H2,(H,22,26)(H,23,29). The van der Waals surface area contributed by atoms with E-state index in [1.807, 2.05) is 0 Å². The molecule has 9 heteroatoms. The second-order valence-electron chi connectivity index (χ2n) is 6.73. The maximum absolute atomic E-state index is 12.6. The summed E-state index contributed by atoms with van der Waals surface area (Å²) in [5, 5.41) is 3.22. The average molecular weight is 413 g/mol. The van der Waals surface area contributed by atoms with Gasteiger partial charge in [-0.25, -0.2) is 4.79 Å². The Balaban J connectivity index is 1.59. The van der Waals surface area contributed by atoms with Gasteiger partial charge in [-0.05, 0) is 36.8 Å². The molecule has 0 atom stereocenters. The average Bonchev–Trinajstić information content (AvgIpc) is 3.13. The van der Waals surface area contributed by atoms with E-state index in [1.165, 1.54) is 0 Å². The van der Waals surface area contributed by atoms with Gasteiger partial charge in [0.1, 0.15) is 6.54 Å². The van der Waals surface area contributed by atoms with Crippen LogP contribution in [0.5, 0.6) is 0 Å². The minimum atomic E-state index is -0.675. The molecular weight excluding hydrogens is 396 g/mol. The van der Waals surface area contributed by atoms with E-state index in [9.17, 15) is 19.2 Å². The van der Waals surface area contributed by atoms with E-state index in [1.54, 1.807) is 47.4 Å². The summed E-state index contributed by atoms with van der Waals surface area (Å²) in [5.41, 5.74) is 0.116. The molecule has 0 spiro atoms. The number of carbonyl (C=O) groups is 2. The number of fused-ring (bicyclic) bond motifs is 1. The van der Waals surface area contributed by atoms with E-state index in [0.29, 0.717) is 35.2 Å². The number of rotatable bonds is 4. The Morgan fingerprint density at radius 2 is 1.93 bits per heavy atom. The lowest BCUT2D eigenvalue weighted by Crippen LogP contribution is -2.38. The van der Waals surface area contributed by atoms with E-state index in [4.69, 9.17) is 11.6 Å². The second kappa shape index (κ2) is 7.56. The van der Waals surface area contributed by atoms with E-state index in [0.717, 1.165) is 11.0 Å². The van der Waals surface area contributed by atoms with Crippen LogP contribution in [0.1, 0.15) is 12.8 Å². The van der Waals surface area contributed by atoms with Gasteiger partial charge in [-0.1, -0.05) is 23.7 Å². The third-order valence-corrected chi connectivity index (χ3v) is 5.13. The number of anilines is 2. The number of H-pyrrole nitrogens is 1. The Kier molecular flexibility index (Phi) is 4.94. The first-order valence-corrected chi connectivity index (χ1v) is 9.43. The van der Waals surface area contributed by atoms with Gasteiger partial charge < -0.3 is 15.2 Å². The largest absolute Gasteiger partial charge is 0.329 e. The molecule has 2 amide bonds. The third-order valence-electron chi connectivity index (χ3n) is 4.80. The predicted octanol–water partition coefficient (Wildman–Crippen LogP) is 2.11. The molecule has 8 nitrogen and oxygen atoms in total. The number of halogens is 1. The van der Waals surface area contributed by atoms with Crippen LogP contribution < -0.4 is 21.5 Å². The Morgan fingerprint density at radius 1 is 1.14 bits per heavy atom. The van der Waals surface area contributed by atoms with Crippen LogP contribution in [0, 0.1) is 0 Å². The number of para-hydroxylation sites is 1. The van der Waals surface area contributed by atoms with E-state index in [2.05, 4.69) is 10.3 Å². The SMILES string of the molecule is O=C(Cn1c(=O)[nH]c2ccccc2c1=O)Nc1cc(N2CCCC2=O)ccc1Cl.